The van der Waals surface area contributed by atoms with Gasteiger partial charge in [0.1, 0.15) is 13.2 Å². The molecule has 0 saturated carbocycles. The summed E-state index contributed by atoms with van der Waals surface area (Å²) in [4.78, 5) is 24.3. The van der Waals surface area contributed by atoms with Crippen LogP contribution in [-0.2, 0) is 40.4 Å². The standard InChI is InChI=1S/C29H33NO7/c1-20(31)36-19-24-23(11-13-26(29(24)35-4)37-18-22-8-6-5-7-9-22)17-28(32)30-15-14-21-10-12-25(33-2)27(16-21)34-3/h5-13,16H,14-15,17-19H2,1-4H3,(H,30,32). The average molecular weight is 508 g/mol. The summed E-state index contributed by atoms with van der Waals surface area (Å²) in [5.74, 6) is 1.65. The van der Waals surface area contributed by atoms with E-state index < -0.39 is 5.97 Å². The van der Waals surface area contributed by atoms with Crippen LogP contribution in [0.2, 0.25) is 0 Å². The highest BCUT2D eigenvalue weighted by molar-refractivity contribution is 5.79. The Balaban J connectivity index is 1.69. The monoisotopic (exact) mass is 507 g/mol. The largest absolute Gasteiger partial charge is 0.493 e. The van der Waals surface area contributed by atoms with Crippen molar-refractivity contribution in [2.75, 3.05) is 27.9 Å². The number of nitrogens with one attached hydrogen (secondary N) is 1. The number of carbonyl (C=O) groups excluding carboxylic acids is 2. The van der Waals surface area contributed by atoms with Gasteiger partial charge in [-0.05, 0) is 41.3 Å². The number of ether oxygens (including phenoxy) is 5. The number of amides is 1. The first-order valence-electron chi connectivity index (χ1n) is 11.9. The maximum Gasteiger partial charge on any atom is 0.302 e. The van der Waals surface area contributed by atoms with Crippen LogP contribution in [0.1, 0.15) is 29.2 Å². The molecule has 1 amide bonds. The first-order chi connectivity index (χ1) is 17.9. The van der Waals surface area contributed by atoms with E-state index in [2.05, 4.69) is 5.32 Å². The number of benzene rings is 3. The minimum atomic E-state index is -0.428. The van der Waals surface area contributed by atoms with E-state index in [0.29, 0.717) is 53.7 Å². The lowest BCUT2D eigenvalue weighted by molar-refractivity contribution is -0.142. The molecule has 0 atom stereocenters. The van der Waals surface area contributed by atoms with Crippen molar-refractivity contribution in [2.24, 2.45) is 0 Å². The Morgan fingerprint density at radius 3 is 2.19 bits per heavy atom. The Morgan fingerprint density at radius 1 is 0.784 bits per heavy atom. The molecule has 3 aromatic rings. The zero-order valence-corrected chi connectivity index (χ0v) is 21.7. The summed E-state index contributed by atoms with van der Waals surface area (Å²) in [5.41, 5.74) is 3.30. The zero-order chi connectivity index (χ0) is 26.6. The summed E-state index contributed by atoms with van der Waals surface area (Å²) in [6, 6.07) is 19.0. The van der Waals surface area contributed by atoms with E-state index in [1.54, 1.807) is 26.4 Å². The lowest BCUT2D eigenvalue weighted by Gasteiger charge is -2.18. The third-order valence-electron chi connectivity index (χ3n) is 5.72. The summed E-state index contributed by atoms with van der Waals surface area (Å²) in [5, 5.41) is 2.95. The molecule has 0 spiro atoms. The molecular formula is C29H33NO7. The molecule has 0 aliphatic rings. The van der Waals surface area contributed by atoms with Crippen molar-refractivity contribution < 1.29 is 33.3 Å². The van der Waals surface area contributed by atoms with Crippen molar-refractivity contribution in [1.82, 2.24) is 5.32 Å². The second kappa shape index (κ2) is 13.8. The molecule has 0 bridgehead atoms. The van der Waals surface area contributed by atoms with Crippen molar-refractivity contribution in [3.8, 4) is 23.0 Å². The van der Waals surface area contributed by atoms with Gasteiger partial charge in [0.05, 0.1) is 27.8 Å². The fourth-order valence-corrected chi connectivity index (χ4v) is 3.84. The molecule has 0 fully saturated rings. The summed E-state index contributed by atoms with van der Waals surface area (Å²) < 4.78 is 27.5. The van der Waals surface area contributed by atoms with E-state index in [-0.39, 0.29) is 18.9 Å². The molecule has 37 heavy (non-hydrogen) atoms. The summed E-state index contributed by atoms with van der Waals surface area (Å²) >= 11 is 0. The Morgan fingerprint density at radius 2 is 1.51 bits per heavy atom. The first kappa shape index (κ1) is 27.4. The van der Waals surface area contributed by atoms with Crippen LogP contribution in [0.5, 0.6) is 23.0 Å². The lowest BCUT2D eigenvalue weighted by Crippen LogP contribution is -2.27. The summed E-state index contributed by atoms with van der Waals surface area (Å²) in [6.07, 6.45) is 0.722. The molecule has 8 heteroatoms. The molecule has 0 aromatic heterocycles. The van der Waals surface area contributed by atoms with E-state index in [1.165, 1.54) is 14.0 Å². The fourth-order valence-electron chi connectivity index (χ4n) is 3.84. The number of hydrogen-bond acceptors (Lipinski definition) is 7. The number of rotatable bonds is 13. The predicted octanol–water partition coefficient (Wildman–Crippen LogP) is 4.26. The van der Waals surface area contributed by atoms with Gasteiger partial charge in [0, 0.05) is 19.0 Å². The van der Waals surface area contributed by atoms with Crippen molar-refractivity contribution in [2.45, 2.75) is 33.0 Å². The molecule has 0 aliphatic carbocycles. The van der Waals surface area contributed by atoms with Crippen LogP contribution in [0.3, 0.4) is 0 Å². The second-order valence-corrected chi connectivity index (χ2v) is 8.26. The van der Waals surface area contributed by atoms with Gasteiger partial charge in [-0.3, -0.25) is 9.59 Å². The highest BCUT2D eigenvalue weighted by atomic mass is 16.5. The van der Waals surface area contributed by atoms with Crippen LogP contribution in [0.25, 0.3) is 0 Å². The third kappa shape index (κ3) is 7.90. The van der Waals surface area contributed by atoms with Crippen LogP contribution in [0.4, 0.5) is 0 Å². The van der Waals surface area contributed by atoms with Gasteiger partial charge in [-0.25, -0.2) is 0 Å². The van der Waals surface area contributed by atoms with Gasteiger partial charge in [-0.2, -0.15) is 0 Å². The van der Waals surface area contributed by atoms with Crippen molar-refractivity contribution >= 4 is 11.9 Å². The minimum Gasteiger partial charge on any atom is -0.493 e. The van der Waals surface area contributed by atoms with E-state index in [4.69, 9.17) is 23.7 Å². The van der Waals surface area contributed by atoms with E-state index >= 15 is 0 Å². The SMILES string of the molecule is COc1ccc(CCNC(=O)Cc2ccc(OCc3ccccc3)c(OC)c2COC(C)=O)cc1OC. The van der Waals surface area contributed by atoms with Gasteiger partial charge in [0.2, 0.25) is 5.91 Å². The maximum absolute atomic E-state index is 12.8. The van der Waals surface area contributed by atoms with Crippen molar-refractivity contribution in [1.29, 1.82) is 0 Å². The molecule has 3 aromatic carbocycles. The van der Waals surface area contributed by atoms with Gasteiger partial charge in [0.25, 0.3) is 0 Å². The Hall–Kier alpha value is -4.20. The second-order valence-electron chi connectivity index (χ2n) is 8.26. The number of esters is 1. The van der Waals surface area contributed by atoms with Gasteiger partial charge in [-0.15, -0.1) is 0 Å². The Kier molecular flexibility index (Phi) is 10.2. The van der Waals surface area contributed by atoms with Gasteiger partial charge >= 0.3 is 5.97 Å². The van der Waals surface area contributed by atoms with E-state index in [0.717, 1.165) is 11.1 Å². The highest BCUT2D eigenvalue weighted by Gasteiger charge is 2.19. The number of methoxy groups -OCH3 is 3. The highest BCUT2D eigenvalue weighted by Crippen LogP contribution is 2.35. The topological polar surface area (TPSA) is 92.3 Å². The van der Waals surface area contributed by atoms with Crippen LogP contribution < -0.4 is 24.3 Å². The molecule has 0 aliphatic heterocycles. The lowest BCUT2D eigenvalue weighted by atomic mass is 10.0. The van der Waals surface area contributed by atoms with Crippen molar-refractivity contribution in [3.63, 3.8) is 0 Å². The predicted molar refractivity (Wildman–Crippen MR) is 139 cm³/mol. The normalized spacial score (nSPS) is 10.4. The first-order valence-corrected chi connectivity index (χ1v) is 11.9. The molecule has 3 rings (SSSR count). The van der Waals surface area contributed by atoms with Crippen LogP contribution in [-0.4, -0.2) is 39.8 Å². The van der Waals surface area contributed by atoms with E-state index in [9.17, 15) is 9.59 Å². The molecule has 8 nitrogen and oxygen atoms in total. The zero-order valence-electron chi connectivity index (χ0n) is 21.7. The molecular weight excluding hydrogens is 474 g/mol. The average Bonchev–Trinajstić information content (AvgIpc) is 2.91. The molecule has 1 N–H and O–H groups in total. The molecule has 0 radical (unpaired) electrons. The van der Waals surface area contributed by atoms with Crippen LogP contribution in [0, 0.1) is 0 Å². The minimum absolute atomic E-state index is 0.0324. The number of hydrogen-bond donors (Lipinski definition) is 1. The summed E-state index contributed by atoms with van der Waals surface area (Å²) in [7, 11) is 4.70. The Labute approximate surface area is 217 Å². The fraction of sp³-hybridized carbons (Fsp3) is 0.310. The van der Waals surface area contributed by atoms with E-state index in [1.807, 2.05) is 48.5 Å². The Bertz CT molecular complexity index is 1190. The van der Waals surface area contributed by atoms with Gasteiger partial charge < -0.3 is 29.0 Å². The van der Waals surface area contributed by atoms with Crippen molar-refractivity contribution in [3.05, 3.63) is 82.9 Å². The summed E-state index contributed by atoms with van der Waals surface area (Å²) in [6.45, 7) is 2.10. The third-order valence-corrected chi connectivity index (χ3v) is 5.72. The van der Waals surface area contributed by atoms with Gasteiger partial charge in [0.15, 0.2) is 23.0 Å². The van der Waals surface area contributed by atoms with Crippen LogP contribution in [0.15, 0.2) is 60.7 Å². The molecule has 196 valence electrons. The molecule has 0 saturated heterocycles. The molecule has 0 unspecified atom stereocenters. The van der Waals surface area contributed by atoms with Gasteiger partial charge in [-0.1, -0.05) is 42.5 Å². The maximum atomic E-state index is 12.8. The quantitative estimate of drug-likeness (QED) is 0.346. The number of carbonyl (C=O) groups is 2. The van der Waals surface area contributed by atoms with Crippen LogP contribution >= 0.6 is 0 Å². The molecule has 0 heterocycles. The smallest absolute Gasteiger partial charge is 0.302 e.